The maximum absolute atomic E-state index is 10.7. The van der Waals surface area contributed by atoms with Crippen molar-refractivity contribution >= 4 is 34.5 Å². The molecule has 0 atom stereocenters. The number of azo groups is 1. The van der Waals surface area contributed by atoms with E-state index in [-0.39, 0.29) is 5.69 Å². The summed E-state index contributed by atoms with van der Waals surface area (Å²) in [5.74, 6) is 0.365. The second-order valence-corrected chi connectivity index (χ2v) is 5.83. The third-order valence-electron chi connectivity index (χ3n) is 3.49. The molecule has 3 rings (SSSR count). The number of rotatable bonds is 5. The van der Waals surface area contributed by atoms with E-state index < -0.39 is 4.92 Å². The lowest BCUT2D eigenvalue weighted by Crippen LogP contribution is -2.01. The van der Waals surface area contributed by atoms with Crippen LogP contribution in [-0.4, -0.2) is 10.8 Å². The molecule has 0 aromatic heterocycles. The minimum absolute atomic E-state index is 0.00435. The van der Waals surface area contributed by atoms with Gasteiger partial charge in [0.2, 0.25) is 5.84 Å². The van der Waals surface area contributed by atoms with Crippen LogP contribution in [-0.2, 0) is 0 Å². The molecular weight excluding hydrogens is 366 g/mol. The zero-order valence-electron chi connectivity index (χ0n) is 14.0. The number of hydrazone groups is 1. The lowest BCUT2D eigenvalue weighted by Gasteiger charge is -2.03. The summed E-state index contributed by atoms with van der Waals surface area (Å²) in [4.78, 5) is 10.3. The van der Waals surface area contributed by atoms with Crippen molar-refractivity contribution in [3.8, 4) is 0 Å². The Bertz CT molecular complexity index is 971. The first-order chi connectivity index (χ1) is 13.1. The van der Waals surface area contributed by atoms with Crippen LogP contribution >= 0.6 is 11.6 Å². The average Bonchev–Trinajstić information content (AvgIpc) is 2.70. The maximum atomic E-state index is 10.7. The van der Waals surface area contributed by atoms with Crippen LogP contribution in [0.3, 0.4) is 0 Å². The summed E-state index contributed by atoms with van der Waals surface area (Å²) in [6.45, 7) is 0. The Balaban J connectivity index is 1.84. The van der Waals surface area contributed by atoms with Crippen molar-refractivity contribution in [3.05, 3.63) is 99.6 Å². The molecule has 134 valence electrons. The predicted octanol–water partition coefficient (Wildman–Crippen LogP) is 5.81. The van der Waals surface area contributed by atoms with Crippen molar-refractivity contribution in [2.45, 2.75) is 0 Å². The third kappa shape index (κ3) is 5.20. The normalized spacial score (nSPS) is 11.5. The van der Waals surface area contributed by atoms with Crippen LogP contribution in [0.25, 0.3) is 0 Å². The van der Waals surface area contributed by atoms with E-state index in [1.165, 1.54) is 24.3 Å². The molecule has 0 amide bonds. The molecule has 3 aromatic carbocycles. The van der Waals surface area contributed by atoms with E-state index in [4.69, 9.17) is 11.6 Å². The monoisotopic (exact) mass is 379 g/mol. The lowest BCUT2D eigenvalue weighted by atomic mass is 10.2. The van der Waals surface area contributed by atoms with Gasteiger partial charge in [-0.25, -0.2) is 0 Å². The van der Waals surface area contributed by atoms with Gasteiger partial charge in [-0.3, -0.25) is 15.5 Å². The first-order valence-corrected chi connectivity index (χ1v) is 8.30. The number of non-ortho nitro benzene ring substituents is 1. The summed E-state index contributed by atoms with van der Waals surface area (Å²) in [5, 5.41) is 24.0. The van der Waals surface area contributed by atoms with Crippen LogP contribution in [0.1, 0.15) is 5.56 Å². The fourth-order valence-electron chi connectivity index (χ4n) is 2.12. The summed E-state index contributed by atoms with van der Waals surface area (Å²) in [6.07, 6.45) is 0. The average molecular weight is 380 g/mol. The number of nitrogens with one attached hydrogen (secondary N) is 1. The van der Waals surface area contributed by atoms with E-state index >= 15 is 0 Å². The molecule has 0 fully saturated rings. The van der Waals surface area contributed by atoms with E-state index in [2.05, 4.69) is 20.8 Å². The highest BCUT2D eigenvalue weighted by Crippen LogP contribution is 2.19. The van der Waals surface area contributed by atoms with Crippen molar-refractivity contribution in [1.82, 2.24) is 0 Å². The first kappa shape index (κ1) is 18.2. The van der Waals surface area contributed by atoms with E-state index in [1.54, 1.807) is 24.3 Å². The topological polar surface area (TPSA) is 92.2 Å². The summed E-state index contributed by atoms with van der Waals surface area (Å²) in [5.41, 5.74) is 4.91. The number of nitrogens with zero attached hydrogens (tertiary/aromatic N) is 4. The molecule has 0 heterocycles. The molecule has 7 nitrogen and oxygen atoms in total. The van der Waals surface area contributed by atoms with Gasteiger partial charge in [-0.15, -0.1) is 10.2 Å². The van der Waals surface area contributed by atoms with Gasteiger partial charge in [0.25, 0.3) is 5.69 Å². The van der Waals surface area contributed by atoms with E-state index in [0.29, 0.717) is 16.5 Å². The minimum atomic E-state index is -0.464. The van der Waals surface area contributed by atoms with Crippen molar-refractivity contribution in [2.24, 2.45) is 15.3 Å². The van der Waals surface area contributed by atoms with Crippen LogP contribution in [0.15, 0.2) is 94.2 Å². The highest BCUT2D eigenvalue weighted by atomic mass is 35.5. The highest BCUT2D eigenvalue weighted by molar-refractivity contribution is 6.30. The molecule has 0 aliphatic heterocycles. The molecule has 8 heteroatoms. The summed E-state index contributed by atoms with van der Waals surface area (Å²) >= 11 is 5.88. The van der Waals surface area contributed by atoms with Gasteiger partial charge in [-0.1, -0.05) is 41.9 Å². The van der Waals surface area contributed by atoms with Gasteiger partial charge in [0.1, 0.15) is 0 Å². The van der Waals surface area contributed by atoms with Crippen LogP contribution in [0.4, 0.5) is 17.1 Å². The molecule has 0 saturated carbocycles. The van der Waals surface area contributed by atoms with Crippen molar-refractivity contribution in [2.75, 3.05) is 5.43 Å². The van der Waals surface area contributed by atoms with E-state index in [9.17, 15) is 10.1 Å². The zero-order valence-corrected chi connectivity index (χ0v) is 14.7. The standard InChI is InChI=1S/C19H14ClN5O2/c20-15-6-8-16(9-7-15)21-23-19(14-4-2-1-3-5-14)24-22-17-10-12-18(13-11-17)25(26)27/h1-13,21H/b23-19+,24-22?. The molecule has 0 aliphatic carbocycles. The molecule has 0 saturated heterocycles. The zero-order chi connectivity index (χ0) is 19.1. The number of nitro benzene ring substituents is 1. The van der Waals surface area contributed by atoms with Crippen molar-refractivity contribution < 1.29 is 4.92 Å². The van der Waals surface area contributed by atoms with Crippen LogP contribution in [0, 0.1) is 10.1 Å². The molecule has 27 heavy (non-hydrogen) atoms. The Hall–Kier alpha value is -3.58. The number of amidine groups is 1. The molecule has 1 N–H and O–H groups in total. The summed E-state index contributed by atoms with van der Waals surface area (Å²) in [7, 11) is 0. The largest absolute Gasteiger partial charge is 0.276 e. The van der Waals surface area contributed by atoms with Gasteiger partial charge in [-0.2, -0.15) is 5.10 Å². The predicted molar refractivity (Wildman–Crippen MR) is 106 cm³/mol. The highest BCUT2D eigenvalue weighted by Gasteiger charge is 2.05. The van der Waals surface area contributed by atoms with E-state index in [0.717, 1.165) is 11.3 Å². The number of nitro groups is 1. The summed E-state index contributed by atoms with van der Waals surface area (Å²) in [6, 6.07) is 22.2. The smallest absolute Gasteiger partial charge is 0.269 e. The molecule has 0 unspecified atom stereocenters. The molecular formula is C19H14ClN5O2. The second kappa shape index (κ2) is 8.68. The Morgan fingerprint density at radius 1 is 0.926 bits per heavy atom. The lowest BCUT2D eigenvalue weighted by molar-refractivity contribution is -0.384. The Kier molecular flexibility index (Phi) is 5.86. The number of benzene rings is 3. The molecule has 0 spiro atoms. The fraction of sp³-hybridized carbons (Fsp3) is 0. The Labute approximate surface area is 160 Å². The Morgan fingerprint density at radius 2 is 1.59 bits per heavy atom. The first-order valence-electron chi connectivity index (χ1n) is 7.93. The Morgan fingerprint density at radius 3 is 2.22 bits per heavy atom. The number of anilines is 1. The number of hydrogen-bond acceptors (Lipinski definition) is 5. The van der Waals surface area contributed by atoms with Gasteiger partial charge < -0.3 is 0 Å². The van der Waals surface area contributed by atoms with Crippen LogP contribution in [0.5, 0.6) is 0 Å². The summed E-state index contributed by atoms with van der Waals surface area (Å²) < 4.78 is 0. The van der Waals surface area contributed by atoms with Crippen LogP contribution in [0.2, 0.25) is 5.02 Å². The van der Waals surface area contributed by atoms with Gasteiger partial charge >= 0.3 is 0 Å². The van der Waals surface area contributed by atoms with Gasteiger partial charge in [0.15, 0.2) is 0 Å². The molecule has 3 aromatic rings. The molecule has 0 aliphatic rings. The minimum Gasteiger partial charge on any atom is -0.276 e. The third-order valence-corrected chi connectivity index (χ3v) is 3.74. The number of hydrogen-bond donors (Lipinski definition) is 1. The quantitative estimate of drug-likeness (QED) is 0.199. The van der Waals surface area contributed by atoms with Gasteiger partial charge in [-0.05, 0) is 36.4 Å². The van der Waals surface area contributed by atoms with Crippen molar-refractivity contribution in [3.63, 3.8) is 0 Å². The van der Waals surface area contributed by atoms with Gasteiger partial charge in [0, 0.05) is 22.7 Å². The fourth-order valence-corrected chi connectivity index (χ4v) is 2.25. The van der Waals surface area contributed by atoms with E-state index in [1.807, 2.05) is 30.3 Å². The molecule has 0 radical (unpaired) electrons. The number of halogens is 1. The maximum Gasteiger partial charge on any atom is 0.269 e. The SMILES string of the molecule is O=[N+]([O-])c1ccc(N=N/C(=N/Nc2ccc(Cl)cc2)c2ccccc2)cc1. The van der Waals surface area contributed by atoms with Crippen LogP contribution < -0.4 is 5.43 Å². The molecule has 0 bridgehead atoms. The van der Waals surface area contributed by atoms with Crippen molar-refractivity contribution in [1.29, 1.82) is 0 Å². The van der Waals surface area contributed by atoms with Gasteiger partial charge in [0.05, 0.1) is 16.3 Å². The second-order valence-electron chi connectivity index (χ2n) is 5.39.